The summed E-state index contributed by atoms with van der Waals surface area (Å²) in [5.74, 6) is 0.928. The summed E-state index contributed by atoms with van der Waals surface area (Å²) in [4.78, 5) is 6.68. The SMILES string of the molecule is C=CCN=C(NCC)N1CCOC(COC)C1. The van der Waals surface area contributed by atoms with Gasteiger partial charge in [0.15, 0.2) is 5.96 Å². The van der Waals surface area contributed by atoms with Crippen molar-refractivity contribution >= 4 is 5.96 Å². The summed E-state index contributed by atoms with van der Waals surface area (Å²) in [6, 6.07) is 0. The molecule has 0 aliphatic carbocycles. The molecule has 1 atom stereocenters. The van der Waals surface area contributed by atoms with Gasteiger partial charge in [-0.15, -0.1) is 6.58 Å². The van der Waals surface area contributed by atoms with Crippen molar-refractivity contribution in [3.8, 4) is 0 Å². The number of rotatable bonds is 5. The molecular weight excluding hydrogens is 218 g/mol. The molecule has 17 heavy (non-hydrogen) atoms. The molecule has 0 radical (unpaired) electrons. The van der Waals surface area contributed by atoms with Crippen molar-refractivity contribution in [3.05, 3.63) is 12.7 Å². The molecule has 0 spiro atoms. The van der Waals surface area contributed by atoms with Crippen LogP contribution in [0.1, 0.15) is 6.92 Å². The molecule has 0 aromatic heterocycles. The number of hydrogen-bond acceptors (Lipinski definition) is 3. The molecule has 0 aromatic rings. The van der Waals surface area contributed by atoms with E-state index in [-0.39, 0.29) is 6.10 Å². The van der Waals surface area contributed by atoms with E-state index in [4.69, 9.17) is 9.47 Å². The molecule has 0 bridgehead atoms. The van der Waals surface area contributed by atoms with Crippen molar-refractivity contribution in [3.63, 3.8) is 0 Å². The van der Waals surface area contributed by atoms with Crippen molar-refractivity contribution in [2.45, 2.75) is 13.0 Å². The van der Waals surface area contributed by atoms with E-state index in [1.807, 2.05) is 0 Å². The van der Waals surface area contributed by atoms with Crippen LogP contribution in [0, 0.1) is 0 Å². The maximum absolute atomic E-state index is 5.61. The highest BCUT2D eigenvalue weighted by Gasteiger charge is 2.22. The molecule has 98 valence electrons. The van der Waals surface area contributed by atoms with Crippen LogP contribution in [0.3, 0.4) is 0 Å². The minimum Gasteiger partial charge on any atom is -0.382 e. The zero-order valence-corrected chi connectivity index (χ0v) is 10.8. The molecule has 0 amide bonds. The number of aliphatic imine (C=N–C) groups is 1. The van der Waals surface area contributed by atoms with Crippen molar-refractivity contribution in [1.82, 2.24) is 10.2 Å². The maximum Gasteiger partial charge on any atom is 0.194 e. The molecule has 0 aromatic carbocycles. The first-order chi connectivity index (χ1) is 8.31. The minimum atomic E-state index is 0.126. The molecule has 1 aliphatic rings. The van der Waals surface area contributed by atoms with Crippen LogP contribution >= 0.6 is 0 Å². The van der Waals surface area contributed by atoms with Crippen LogP contribution in [0.2, 0.25) is 0 Å². The van der Waals surface area contributed by atoms with E-state index >= 15 is 0 Å². The van der Waals surface area contributed by atoms with Gasteiger partial charge >= 0.3 is 0 Å². The Morgan fingerprint density at radius 1 is 1.71 bits per heavy atom. The van der Waals surface area contributed by atoms with Gasteiger partial charge in [0.05, 0.1) is 25.9 Å². The molecule has 5 heteroatoms. The van der Waals surface area contributed by atoms with Gasteiger partial charge < -0.3 is 19.7 Å². The molecule has 1 unspecified atom stereocenters. The number of nitrogens with one attached hydrogen (secondary N) is 1. The fourth-order valence-electron chi connectivity index (χ4n) is 1.78. The number of nitrogens with zero attached hydrogens (tertiary/aromatic N) is 2. The topological polar surface area (TPSA) is 46.1 Å². The average Bonchev–Trinajstić information content (AvgIpc) is 2.35. The number of morpholine rings is 1. The van der Waals surface area contributed by atoms with E-state index in [0.29, 0.717) is 19.8 Å². The summed E-state index contributed by atoms with van der Waals surface area (Å²) < 4.78 is 10.7. The third-order valence-electron chi connectivity index (χ3n) is 2.50. The molecule has 1 aliphatic heterocycles. The highest BCUT2D eigenvalue weighted by atomic mass is 16.5. The van der Waals surface area contributed by atoms with Gasteiger partial charge in [-0.2, -0.15) is 0 Å². The van der Waals surface area contributed by atoms with Crippen LogP contribution in [0.4, 0.5) is 0 Å². The van der Waals surface area contributed by atoms with Crippen molar-refractivity contribution in [2.75, 3.05) is 46.5 Å². The summed E-state index contributed by atoms with van der Waals surface area (Å²) in [6.45, 7) is 10.3. The average molecular weight is 241 g/mol. The van der Waals surface area contributed by atoms with Gasteiger partial charge in [0, 0.05) is 26.7 Å². The van der Waals surface area contributed by atoms with Gasteiger partial charge in [0.25, 0.3) is 0 Å². The third-order valence-corrected chi connectivity index (χ3v) is 2.50. The number of hydrogen-bond donors (Lipinski definition) is 1. The highest BCUT2D eigenvalue weighted by molar-refractivity contribution is 5.80. The van der Waals surface area contributed by atoms with Crippen LogP contribution in [0.15, 0.2) is 17.6 Å². The van der Waals surface area contributed by atoms with Gasteiger partial charge in [-0.3, -0.25) is 0 Å². The summed E-state index contributed by atoms with van der Waals surface area (Å²) in [5.41, 5.74) is 0. The summed E-state index contributed by atoms with van der Waals surface area (Å²) >= 11 is 0. The van der Waals surface area contributed by atoms with E-state index in [1.165, 1.54) is 0 Å². The van der Waals surface area contributed by atoms with Crippen LogP contribution in [0.25, 0.3) is 0 Å². The van der Waals surface area contributed by atoms with Crippen molar-refractivity contribution in [1.29, 1.82) is 0 Å². The van der Waals surface area contributed by atoms with E-state index in [9.17, 15) is 0 Å². The van der Waals surface area contributed by atoms with E-state index in [1.54, 1.807) is 13.2 Å². The smallest absolute Gasteiger partial charge is 0.194 e. The number of methoxy groups -OCH3 is 1. The van der Waals surface area contributed by atoms with E-state index in [0.717, 1.165) is 25.6 Å². The Kier molecular flexibility index (Phi) is 6.65. The van der Waals surface area contributed by atoms with Crippen molar-refractivity contribution < 1.29 is 9.47 Å². The fraction of sp³-hybridized carbons (Fsp3) is 0.750. The minimum absolute atomic E-state index is 0.126. The lowest BCUT2D eigenvalue weighted by Gasteiger charge is -2.34. The monoisotopic (exact) mass is 241 g/mol. The van der Waals surface area contributed by atoms with Crippen LogP contribution in [-0.2, 0) is 9.47 Å². The second-order valence-corrected chi connectivity index (χ2v) is 3.88. The van der Waals surface area contributed by atoms with E-state index in [2.05, 4.69) is 28.7 Å². The zero-order chi connectivity index (χ0) is 12.5. The second-order valence-electron chi connectivity index (χ2n) is 3.88. The van der Waals surface area contributed by atoms with Gasteiger partial charge in [0.2, 0.25) is 0 Å². The van der Waals surface area contributed by atoms with Crippen LogP contribution in [0.5, 0.6) is 0 Å². The lowest BCUT2D eigenvalue weighted by molar-refractivity contribution is -0.0447. The fourth-order valence-corrected chi connectivity index (χ4v) is 1.78. The van der Waals surface area contributed by atoms with Crippen LogP contribution < -0.4 is 5.32 Å². The molecule has 1 rings (SSSR count). The number of ether oxygens (including phenoxy) is 2. The lowest BCUT2D eigenvalue weighted by Crippen LogP contribution is -2.51. The third kappa shape index (κ3) is 4.75. The molecule has 5 nitrogen and oxygen atoms in total. The first-order valence-corrected chi connectivity index (χ1v) is 6.06. The van der Waals surface area contributed by atoms with Crippen molar-refractivity contribution in [2.24, 2.45) is 4.99 Å². The maximum atomic E-state index is 5.61. The molecule has 1 fully saturated rings. The molecule has 0 saturated carbocycles. The Morgan fingerprint density at radius 2 is 2.53 bits per heavy atom. The molecule has 1 saturated heterocycles. The Morgan fingerprint density at radius 3 is 3.18 bits per heavy atom. The Hall–Kier alpha value is -1.07. The first-order valence-electron chi connectivity index (χ1n) is 6.06. The zero-order valence-electron chi connectivity index (χ0n) is 10.8. The Bertz CT molecular complexity index is 254. The predicted molar refractivity (Wildman–Crippen MR) is 69.4 cm³/mol. The van der Waals surface area contributed by atoms with Gasteiger partial charge in [0.1, 0.15) is 0 Å². The first kappa shape index (κ1) is 14.0. The number of guanidine groups is 1. The normalized spacial score (nSPS) is 21.4. The summed E-state index contributed by atoms with van der Waals surface area (Å²) in [5, 5.41) is 3.28. The van der Waals surface area contributed by atoms with E-state index < -0.39 is 0 Å². The largest absolute Gasteiger partial charge is 0.382 e. The molecule has 1 heterocycles. The lowest BCUT2D eigenvalue weighted by atomic mass is 10.3. The van der Waals surface area contributed by atoms with Crippen LogP contribution in [-0.4, -0.2) is 63.5 Å². The van der Waals surface area contributed by atoms with Gasteiger partial charge in [-0.25, -0.2) is 4.99 Å². The predicted octanol–water partition coefficient (Wildman–Crippen LogP) is 0.485. The van der Waals surface area contributed by atoms with Gasteiger partial charge in [-0.1, -0.05) is 6.08 Å². The second kappa shape index (κ2) is 8.08. The standard InChI is InChI=1S/C12H23N3O2/c1-4-6-14-12(13-5-2)15-7-8-17-11(9-15)10-16-3/h4,11H,1,5-10H2,2-3H3,(H,13,14). The summed E-state index contributed by atoms with van der Waals surface area (Å²) in [6.07, 6.45) is 1.92. The molecule has 1 N–H and O–H groups in total. The Labute approximate surface area is 103 Å². The highest BCUT2D eigenvalue weighted by Crippen LogP contribution is 2.06. The molecular formula is C12H23N3O2. The Balaban J connectivity index is 2.56. The summed E-state index contributed by atoms with van der Waals surface area (Å²) in [7, 11) is 1.69. The quantitative estimate of drug-likeness (QED) is 0.432. The van der Waals surface area contributed by atoms with Gasteiger partial charge in [-0.05, 0) is 6.92 Å².